The Morgan fingerprint density at radius 2 is 1.74 bits per heavy atom. The van der Waals surface area contributed by atoms with Gasteiger partial charge in [-0.05, 0) is 57.1 Å². The van der Waals surface area contributed by atoms with Gasteiger partial charge < -0.3 is 14.5 Å². The van der Waals surface area contributed by atoms with E-state index in [4.69, 9.17) is 4.74 Å². The maximum Gasteiger partial charge on any atom is 0.270 e. The van der Waals surface area contributed by atoms with Gasteiger partial charge in [-0.15, -0.1) is 0 Å². The highest BCUT2D eigenvalue weighted by molar-refractivity contribution is 6.03. The molecule has 0 aromatic heterocycles. The number of hydrogen-bond donors (Lipinski definition) is 0. The molecular weight excluding hydrogens is 390 g/mol. The number of likely N-dealkylation sites (N-methyl/N-ethyl adjacent to an activating group) is 1. The van der Waals surface area contributed by atoms with Gasteiger partial charge in [0.25, 0.3) is 5.91 Å². The Hall–Kier alpha value is -2.86. The first-order chi connectivity index (χ1) is 14.8. The van der Waals surface area contributed by atoms with Crippen molar-refractivity contribution < 1.29 is 14.3 Å². The summed E-state index contributed by atoms with van der Waals surface area (Å²) in [5.41, 5.74) is 1.71. The van der Waals surface area contributed by atoms with Gasteiger partial charge in [0, 0.05) is 50.9 Å². The second kappa shape index (κ2) is 8.71. The lowest BCUT2D eigenvalue weighted by Gasteiger charge is -2.37. The molecule has 0 N–H and O–H groups in total. The minimum atomic E-state index is -0.925. The fraction of sp³-hybridized carbons (Fsp3) is 0.440. The van der Waals surface area contributed by atoms with Crippen molar-refractivity contribution in [3.8, 4) is 5.75 Å². The van der Waals surface area contributed by atoms with Crippen molar-refractivity contribution in [2.45, 2.75) is 32.3 Å². The van der Waals surface area contributed by atoms with Crippen molar-refractivity contribution in [1.29, 1.82) is 0 Å². The number of hydrogen-bond acceptors (Lipinski definition) is 5. The number of rotatable bonds is 6. The molecule has 4 rings (SSSR count). The van der Waals surface area contributed by atoms with E-state index in [2.05, 4.69) is 34.1 Å². The Balaban J connectivity index is 1.28. The molecule has 31 heavy (non-hydrogen) atoms. The fourth-order valence-electron chi connectivity index (χ4n) is 4.35. The zero-order chi connectivity index (χ0) is 22.0. The smallest absolute Gasteiger partial charge is 0.270 e. The molecule has 1 saturated heterocycles. The van der Waals surface area contributed by atoms with Gasteiger partial charge in [-0.1, -0.05) is 18.2 Å². The molecule has 0 unspecified atom stereocenters. The quantitative estimate of drug-likeness (QED) is 0.667. The van der Waals surface area contributed by atoms with Crippen LogP contribution in [0.15, 0.2) is 48.5 Å². The maximum absolute atomic E-state index is 12.8. The van der Waals surface area contributed by atoms with E-state index in [1.807, 2.05) is 6.07 Å². The number of fused-ring (bicyclic) bond motifs is 1. The van der Waals surface area contributed by atoms with Crippen LogP contribution in [0, 0.1) is 0 Å². The highest BCUT2D eigenvalue weighted by Crippen LogP contribution is 2.37. The van der Waals surface area contributed by atoms with Crippen LogP contribution in [0.4, 0.5) is 11.4 Å². The molecule has 164 valence electrons. The molecule has 0 aliphatic carbocycles. The van der Waals surface area contributed by atoms with Crippen LogP contribution in [0.1, 0.15) is 37.0 Å². The van der Waals surface area contributed by atoms with E-state index in [0.29, 0.717) is 23.4 Å². The number of ketones is 1. The first kappa shape index (κ1) is 21.4. The molecule has 1 fully saturated rings. The SMILES string of the molecule is CN1C(=O)C(C)(C)Oc2cc(C(=O)CCCN3CCN(c4ccccc4)CC3)ccc21. The van der Waals surface area contributed by atoms with Crippen molar-refractivity contribution in [3.63, 3.8) is 0 Å². The van der Waals surface area contributed by atoms with Crippen molar-refractivity contribution in [2.75, 3.05) is 49.6 Å². The van der Waals surface area contributed by atoms with Crippen LogP contribution in [-0.2, 0) is 4.79 Å². The molecular formula is C25H31N3O3. The number of Topliss-reactive ketones (excluding diaryl/α,β-unsaturated/α-hetero) is 1. The van der Waals surface area contributed by atoms with Crippen LogP contribution in [0.5, 0.6) is 5.75 Å². The van der Waals surface area contributed by atoms with Crippen LogP contribution in [0.2, 0.25) is 0 Å². The summed E-state index contributed by atoms with van der Waals surface area (Å²) in [6, 6.07) is 15.9. The van der Waals surface area contributed by atoms with E-state index in [9.17, 15) is 9.59 Å². The third-order valence-corrected chi connectivity index (χ3v) is 6.20. The highest BCUT2D eigenvalue weighted by atomic mass is 16.5. The van der Waals surface area contributed by atoms with Crippen LogP contribution in [0.3, 0.4) is 0 Å². The van der Waals surface area contributed by atoms with Gasteiger partial charge in [-0.3, -0.25) is 14.5 Å². The van der Waals surface area contributed by atoms with Crippen LogP contribution < -0.4 is 14.5 Å². The monoisotopic (exact) mass is 421 g/mol. The number of nitrogens with zero attached hydrogens (tertiary/aromatic N) is 3. The summed E-state index contributed by atoms with van der Waals surface area (Å²) in [6.07, 6.45) is 1.35. The van der Waals surface area contributed by atoms with Gasteiger partial charge in [-0.2, -0.15) is 0 Å². The average Bonchev–Trinajstić information content (AvgIpc) is 2.78. The summed E-state index contributed by atoms with van der Waals surface area (Å²) < 4.78 is 5.88. The van der Waals surface area contributed by atoms with E-state index >= 15 is 0 Å². The molecule has 6 nitrogen and oxygen atoms in total. The number of para-hydroxylation sites is 1. The Bertz CT molecular complexity index is 950. The second-order valence-corrected chi connectivity index (χ2v) is 8.85. The lowest BCUT2D eigenvalue weighted by atomic mass is 10.0. The number of piperazine rings is 1. The summed E-state index contributed by atoms with van der Waals surface area (Å²) in [7, 11) is 1.74. The fourth-order valence-corrected chi connectivity index (χ4v) is 4.35. The van der Waals surface area contributed by atoms with E-state index < -0.39 is 5.60 Å². The molecule has 0 spiro atoms. The summed E-state index contributed by atoms with van der Waals surface area (Å²) in [5, 5.41) is 0. The first-order valence-electron chi connectivity index (χ1n) is 11.0. The van der Waals surface area contributed by atoms with E-state index in [-0.39, 0.29) is 11.7 Å². The normalized spacial score (nSPS) is 18.5. The van der Waals surface area contributed by atoms with Crippen molar-refractivity contribution in [3.05, 3.63) is 54.1 Å². The van der Waals surface area contributed by atoms with Gasteiger partial charge in [0.05, 0.1) is 5.69 Å². The third kappa shape index (κ3) is 4.59. The van der Waals surface area contributed by atoms with Gasteiger partial charge in [-0.25, -0.2) is 0 Å². The van der Waals surface area contributed by atoms with E-state index in [1.54, 1.807) is 44.0 Å². The highest BCUT2D eigenvalue weighted by Gasteiger charge is 2.39. The molecule has 2 aliphatic heterocycles. The first-order valence-corrected chi connectivity index (χ1v) is 11.0. The van der Waals surface area contributed by atoms with Gasteiger partial charge in [0.2, 0.25) is 0 Å². The van der Waals surface area contributed by atoms with Gasteiger partial charge in [0.1, 0.15) is 5.75 Å². The van der Waals surface area contributed by atoms with Crippen LogP contribution >= 0.6 is 0 Å². The zero-order valence-electron chi connectivity index (χ0n) is 18.6. The lowest BCUT2D eigenvalue weighted by molar-refractivity contribution is -0.132. The van der Waals surface area contributed by atoms with Crippen LogP contribution in [-0.4, -0.2) is 62.0 Å². The number of amides is 1. The summed E-state index contributed by atoms with van der Waals surface area (Å²) >= 11 is 0. The van der Waals surface area contributed by atoms with Crippen molar-refractivity contribution in [1.82, 2.24) is 4.90 Å². The molecule has 0 atom stereocenters. The Kier molecular flexibility index (Phi) is 6.01. The van der Waals surface area contributed by atoms with Crippen molar-refractivity contribution in [2.24, 2.45) is 0 Å². The predicted molar refractivity (Wildman–Crippen MR) is 123 cm³/mol. The van der Waals surface area contributed by atoms with Gasteiger partial charge >= 0.3 is 0 Å². The number of ether oxygens (including phenoxy) is 1. The Morgan fingerprint density at radius 1 is 1.03 bits per heavy atom. The molecule has 2 aromatic rings. The molecule has 0 bridgehead atoms. The van der Waals surface area contributed by atoms with Gasteiger partial charge in [0.15, 0.2) is 11.4 Å². The maximum atomic E-state index is 12.8. The summed E-state index contributed by atoms with van der Waals surface area (Å²) in [6.45, 7) is 8.50. The van der Waals surface area contributed by atoms with E-state index in [0.717, 1.165) is 39.1 Å². The number of carbonyl (C=O) groups excluding carboxylic acids is 2. The molecule has 0 radical (unpaired) electrons. The largest absolute Gasteiger partial charge is 0.476 e. The summed E-state index contributed by atoms with van der Waals surface area (Å²) in [5.74, 6) is 0.619. The topological polar surface area (TPSA) is 53.1 Å². The Morgan fingerprint density at radius 3 is 2.45 bits per heavy atom. The zero-order valence-corrected chi connectivity index (χ0v) is 18.6. The Labute approximate surface area is 184 Å². The molecule has 6 heteroatoms. The molecule has 0 saturated carbocycles. The third-order valence-electron chi connectivity index (χ3n) is 6.20. The minimum absolute atomic E-state index is 0.0913. The van der Waals surface area contributed by atoms with Crippen LogP contribution in [0.25, 0.3) is 0 Å². The van der Waals surface area contributed by atoms with Crippen molar-refractivity contribution >= 4 is 23.1 Å². The molecule has 2 aliphatic rings. The average molecular weight is 422 g/mol. The predicted octanol–water partition coefficient (Wildman–Crippen LogP) is 3.61. The number of anilines is 2. The molecule has 2 heterocycles. The lowest BCUT2D eigenvalue weighted by Crippen LogP contribution is -2.50. The van der Waals surface area contributed by atoms with E-state index in [1.165, 1.54) is 5.69 Å². The molecule has 2 aromatic carbocycles. The molecule has 1 amide bonds. The standard InChI is InChI=1S/C25H31N3O3/c1-25(2)24(30)26(3)21-12-11-19(18-23(21)31-25)22(29)10-7-13-27-14-16-28(17-15-27)20-8-5-4-6-9-20/h4-6,8-9,11-12,18H,7,10,13-17H2,1-3H3. The second-order valence-electron chi connectivity index (χ2n) is 8.85. The number of carbonyl (C=O) groups is 2. The minimum Gasteiger partial charge on any atom is -0.476 e. The summed E-state index contributed by atoms with van der Waals surface area (Å²) in [4.78, 5) is 31.6. The number of benzene rings is 2.